The van der Waals surface area contributed by atoms with E-state index in [0.717, 1.165) is 11.3 Å². The number of carbonyl (C=O) groups excluding carboxylic acids is 1. The van der Waals surface area contributed by atoms with Crippen molar-refractivity contribution in [2.24, 2.45) is 5.73 Å². The van der Waals surface area contributed by atoms with Gasteiger partial charge in [0.1, 0.15) is 5.75 Å². The topological polar surface area (TPSA) is 77.2 Å². The summed E-state index contributed by atoms with van der Waals surface area (Å²) in [6.45, 7) is -1.35. The Balaban J connectivity index is 0.00000192. The Bertz CT molecular complexity index is 731. The average molecular weight is 368 g/mol. The van der Waals surface area contributed by atoms with Crippen LogP contribution in [0.15, 0.2) is 18.2 Å². The van der Waals surface area contributed by atoms with Gasteiger partial charge in [-0.05, 0) is 31.0 Å². The summed E-state index contributed by atoms with van der Waals surface area (Å²) in [5.74, 6) is -0.191. The van der Waals surface area contributed by atoms with E-state index in [2.05, 4.69) is 15.0 Å². The van der Waals surface area contributed by atoms with Crippen LogP contribution in [-0.4, -0.2) is 29.2 Å². The molecule has 0 saturated heterocycles. The largest absolute Gasteiger partial charge is 0.484 e. The van der Waals surface area contributed by atoms with Crippen LogP contribution in [0.3, 0.4) is 0 Å². The third-order valence-corrected chi connectivity index (χ3v) is 4.16. The number of rotatable bonds is 4. The summed E-state index contributed by atoms with van der Waals surface area (Å²) >= 11 is 1.16. The van der Waals surface area contributed by atoms with Crippen LogP contribution >= 0.6 is 23.7 Å². The molecule has 0 spiro atoms. The molecular weight excluding hydrogens is 355 g/mol. The van der Waals surface area contributed by atoms with Crippen molar-refractivity contribution in [1.29, 1.82) is 0 Å². The number of halogens is 4. The number of hydrogen-bond donors (Lipinski definition) is 2. The summed E-state index contributed by atoms with van der Waals surface area (Å²) in [4.78, 5) is 16.0. The van der Waals surface area contributed by atoms with Crippen molar-refractivity contribution < 1.29 is 22.7 Å². The summed E-state index contributed by atoms with van der Waals surface area (Å²) in [5, 5.41) is 3.00. The molecule has 1 aliphatic carbocycles. The number of nitrogens with zero attached hydrogens (tertiary/aromatic N) is 1. The minimum Gasteiger partial charge on any atom is -0.484 e. The summed E-state index contributed by atoms with van der Waals surface area (Å²) in [7, 11) is 0. The van der Waals surface area contributed by atoms with Crippen LogP contribution in [0.1, 0.15) is 12.8 Å². The van der Waals surface area contributed by atoms with Gasteiger partial charge in [0.25, 0.3) is 0 Å². The van der Waals surface area contributed by atoms with Crippen LogP contribution in [-0.2, 0) is 4.79 Å². The maximum atomic E-state index is 12.1. The van der Waals surface area contributed by atoms with Gasteiger partial charge < -0.3 is 15.8 Å². The predicted molar refractivity (Wildman–Crippen MR) is 83.2 cm³/mol. The van der Waals surface area contributed by atoms with E-state index in [1.165, 1.54) is 12.1 Å². The van der Waals surface area contributed by atoms with E-state index < -0.39 is 18.3 Å². The van der Waals surface area contributed by atoms with Crippen LogP contribution in [0.4, 0.5) is 18.3 Å². The lowest BCUT2D eigenvalue weighted by Gasteiger charge is -2.08. The Hall–Kier alpha value is -1.58. The molecule has 0 atom stereocenters. The Kier molecular flexibility index (Phi) is 4.74. The lowest BCUT2D eigenvalue weighted by Crippen LogP contribution is -2.37. The van der Waals surface area contributed by atoms with Crippen LogP contribution < -0.4 is 15.8 Å². The molecule has 3 rings (SSSR count). The number of amides is 1. The number of ether oxygens (including phenoxy) is 1. The zero-order valence-corrected chi connectivity index (χ0v) is 13.3. The van der Waals surface area contributed by atoms with E-state index in [9.17, 15) is 18.0 Å². The molecule has 1 amide bonds. The molecule has 1 heterocycles. The molecule has 2 aromatic rings. The van der Waals surface area contributed by atoms with Gasteiger partial charge in [0.15, 0.2) is 11.7 Å². The fourth-order valence-corrected chi connectivity index (χ4v) is 2.69. The van der Waals surface area contributed by atoms with Gasteiger partial charge >= 0.3 is 6.18 Å². The molecule has 0 radical (unpaired) electrons. The standard InChI is InChI=1S/C13H12F3N3O2S.ClH/c14-13(15,16)6-21-7-1-2-8-9(5-7)22-11(18-8)19-10(20)12(17)3-4-12;/h1-2,5H,3-4,6,17H2,(H,18,19,20);1H. The number of fused-ring (bicyclic) bond motifs is 1. The Morgan fingerprint density at radius 3 is 2.74 bits per heavy atom. The van der Waals surface area contributed by atoms with Crippen molar-refractivity contribution >= 4 is 45.0 Å². The molecule has 0 unspecified atom stereocenters. The maximum absolute atomic E-state index is 12.1. The summed E-state index contributed by atoms with van der Waals surface area (Å²) in [5.41, 5.74) is 5.54. The summed E-state index contributed by atoms with van der Waals surface area (Å²) in [6, 6.07) is 4.41. The van der Waals surface area contributed by atoms with Gasteiger partial charge in [0.05, 0.1) is 15.8 Å². The second kappa shape index (κ2) is 6.14. The summed E-state index contributed by atoms with van der Waals surface area (Å²) < 4.78 is 41.7. The highest BCUT2D eigenvalue weighted by molar-refractivity contribution is 7.22. The van der Waals surface area contributed by atoms with E-state index in [1.54, 1.807) is 6.07 Å². The van der Waals surface area contributed by atoms with Crippen LogP contribution in [0, 0.1) is 0 Å². The Morgan fingerprint density at radius 1 is 1.43 bits per heavy atom. The zero-order chi connectivity index (χ0) is 16.0. The van der Waals surface area contributed by atoms with Gasteiger partial charge in [-0.25, -0.2) is 4.98 Å². The number of carbonyl (C=O) groups is 1. The van der Waals surface area contributed by atoms with Crippen molar-refractivity contribution in [3.8, 4) is 5.75 Å². The number of alkyl halides is 3. The number of thiazole rings is 1. The van der Waals surface area contributed by atoms with Gasteiger partial charge in [-0.15, -0.1) is 12.4 Å². The fraction of sp³-hybridized carbons (Fsp3) is 0.385. The van der Waals surface area contributed by atoms with Gasteiger partial charge in [-0.1, -0.05) is 11.3 Å². The molecule has 0 bridgehead atoms. The lowest BCUT2D eigenvalue weighted by molar-refractivity contribution is -0.153. The Labute approximate surface area is 139 Å². The highest BCUT2D eigenvalue weighted by Gasteiger charge is 2.46. The van der Waals surface area contributed by atoms with Crippen molar-refractivity contribution in [2.45, 2.75) is 24.6 Å². The molecular formula is C13H13ClF3N3O2S. The van der Waals surface area contributed by atoms with Gasteiger partial charge in [-0.3, -0.25) is 4.79 Å². The minimum atomic E-state index is -4.39. The van der Waals surface area contributed by atoms with E-state index in [1.807, 2.05) is 0 Å². The highest BCUT2D eigenvalue weighted by Crippen LogP contribution is 2.35. The van der Waals surface area contributed by atoms with E-state index in [0.29, 0.717) is 28.2 Å². The molecule has 1 fully saturated rings. The first-order chi connectivity index (χ1) is 10.3. The van der Waals surface area contributed by atoms with Crippen LogP contribution in [0.25, 0.3) is 10.2 Å². The van der Waals surface area contributed by atoms with Crippen molar-refractivity contribution in [1.82, 2.24) is 4.98 Å². The minimum absolute atomic E-state index is 0. The molecule has 1 saturated carbocycles. The normalized spacial score (nSPS) is 15.8. The third kappa shape index (κ3) is 4.24. The van der Waals surface area contributed by atoms with Crippen molar-refractivity contribution in [3.05, 3.63) is 18.2 Å². The van der Waals surface area contributed by atoms with Gasteiger partial charge in [0.2, 0.25) is 5.91 Å². The van der Waals surface area contributed by atoms with Crippen molar-refractivity contribution in [3.63, 3.8) is 0 Å². The predicted octanol–water partition coefficient (Wildman–Crippen LogP) is 3.09. The molecule has 10 heteroatoms. The SMILES string of the molecule is Cl.NC1(C(=O)Nc2nc3ccc(OCC(F)(F)F)cc3s2)CC1. The molecule has 3 N–H and O–H groups in total. The maximum Gasteiger partial charge on any atom is 0.422 e. The molecule has 5 nitrogen and oxygen atoms in total. The number of nitrogens with two attached hydrogens (primary N) is 1. The highest BCUT2D eigenvalue weighted by atomic mass is 35.5. The zero-order valence-electron chi connectivity index (χ0n) is 11.6. The Morgan fingerprint density at radius 2 is 2.13 bits per heavy atom. The van der Waals surface area contributed by atoms with Gasteiger partial charge in [0, 0.05) is 0 Å². The van der Waals surface area contributed by atoms with E-state index >= 15 is 0 Å². The molecule has 23 heavy (non-hydrogen) atoms. The van der Waals surface area contributed by atoms with E-state index in [4.69, 9.17) is 5.73 Å². The quantitative estimate of drug-likeness (QED) is 0.870. The molecule has 1 aliphatic rings. The third-order valence-electron chi connectivity index (χ3n) is 3.22. The molecule has 1 aromatic heterocycles. The van der Waals surface area contributed by atoms with E-state index in [-0.39, 0.29) is 24.1 Å². The monoisotopic (exact) mass is 367 g/mol. The number of benzene rings is 1. The number of hydrogen-bond acceptors (Lipinski definition) is 5. The van der Waals surface area contributed by atoms with Crippen molar-refractivity contribution in [2.75, 3.05) is 11.9 Å². The molecule has 126 valence electrons. The smallest absolute Gasteiger partial charge is 0.422 e. The first-order valence-corrected chi connectivity index (χ1v) is 7.27. The first-order valence-electron chi connectivity index (χ1n) is 6.46. The number of aromatic nitrogens is 1. The van der Waals surface area contributed by atoms with Crippen LogP contribution in [0.5, 0.6) is 5.75 Å². The van der Waals surface area contributed by atoms with Crippen LogP contribution in [0.2, 0.25) is 0 Å². The lowest BCUT2D eigenvalue weighted by atomic mass is 10.3. The molecule has 1 aromatic carbocycles. The van der Waals surface area contributed by atoms with Gasteiger partial charge in [-0.2, -0.15) is 13.2 Å². The number of nitrogens with one attached hydrogen (secondary N) is 1. The average Bonchev–Trinajstić information content (AvgIpc) is 3.05. The number of anilines is 1. The second-order valence-corrected chi connectivity index (χ2v) is 6.19. The summed E-state index contributed by atoms with van der Waals surface area (Å²) in [6.07, 6.45) is -3.11. The second-order valence-electron chi connectivity index (χ2n) is 5.16. The fourth-order valence-electron chi connectivity index (χ4n) is 1.80. The first kappa shape index (κ1) is 17.8. The molecule has 0 aliphatic heterocycles.